The summed E-state index contributed by atoms with van der Waals surface area (Å²) >= 11 is 0. The Morgan fingerprint density at radius 1 is 1.43 bits per heavy atom. The normalized spacial score (nSPS) is 20.1. The van der Waals surface area contributed by atoms with Crippen LogP contribution in [0.15, 0.2) is 0 Å². The number of rotatable bonds is 3. The molecule has 0 N–H and O–H groups in total. The van der Waals surface area contributed by atoms with Gasteiger partial charge < -0.3 is 18.9 Å². The van der Waals surface area contributed by atoms with E-state index in [1.54, 1.807) is 0 Å². The van der Waals surface area contributed by atoms with Crippen LogP contribution < -0.4 is 0 Å². The van der Waals surface area contributed by atoms with Crippen molar-refractivity contribution in [2.45, 2.75) is 13.3 Å². The third kappa shape index (κ3) is 2.85. The van der Waals surface area contributed by atoms with Gasteiger partial charge in [0.2, 0.25) is 0 Å². The van der Waals surface area contributed by atoms with Crippen LogP contribution in [0.3, 0.4) is 0 Å². The summed E-state index contributed by atoms with van der Waals surface area (Å²) in [5, 5.41) is 0. The molecule has 0 unspecified atom stereocenters. The molecule has 1 aliphatic heterocycles. The number of carbonyl (C=O) groups is 1. The van der Waals surface area contributed by atoms with Gasteiger partial charge in [-0.05, 0) is 6.42 Å². The van der Waals surface area contributed by atoms with Crippen molar-refractivity contribution in [3.63, 3.8) is 0 Å². The molecule has 0 atom stereocenters. The summed E-state index contributed by atoms with van der Waals surface area (Å²) in [7, 11) is 1.29. The van der Waals surface area contributed by atoms with Crippen LogP contribution in [0.4, 0.5) is 4.79 Å². The Morgan fingerprint density at radius 2 is 2.07 bits per heavy atom. The van der Waals surface area contributed by atoms with Crippen LogP contribution >= 0.6 is 0 Å². The van der Waals surface area contributed by atoms with Crippen LogP contribution in [0.25, 0.3) is 0 Å². The van der Waals surface area contributed by atoms with Gasteiger partial charge in [-0.25, -0.2) is 4.79 Å². The van der Waals surface area contributed by atoms with Crippen molar-refractivity contribution in [1.82, 2.24) is 0 Å². The van der Waals surface area contributed by atoms with Crippen molar-refractivity contribution in [2.75, 3.05) is 33.7 Å². The van der Waals surface area contributed by atoms with E-state index in [0.29, 0.717) is 20.0 Å². The van der Waals surface area contributed by atoms with Gasteiger partial charge in [-0.3, -0.25) is 0 Å². The average molecular weight is 204 g/mol. The molecular formula is C9H16O5. The van der Waals surface area contributed by atoms with Crippen LogP contribution in [-0.2, 0) is 18.9 Å². The molecule has 1 fully saturated rings. The third-order valence-electron chi connectivity index (χ3n) is 2.40. The summed E-state index contributed by atoms with van der Waals surface area (Å²) in [6.45, 7) is 3.72. The van der Waals surface area contributed by atoms with Gasteiger partial charge in [0.25, 0.3) is 0 Å². The highest BCUT2D eigenvalue weighted by Gasteiger charge is 2.33. The van der Waals surface area contributed by atoms with Crippen LogP contribution in [-0.4, -0.2) is 39.9 Å². The monoisotopic (exact) mass is 204 g/mol. The molecule has 0 aromatic carbocycles. The van der Waals surface area contributed by atoms with E-state index in [9.17, 15) is 4.79 Å². The molecule has 0 aromatic rings. The molecule has 0 aliphatic carbocycles. The lowest BCUT2D eigenvalue weighted by molar-refractivity contribution is -0.178. The number of hydrogen-bond donors (Lipinski definition) is 0. The molecule has 0 bridgehead atoms. The van der Waals surface area contributed by atoms with Gasteiger partial charge in [0.1, 0.15) is 13.4 Å². The maximum absolute atomic E-state index is 10.8. The molecule has 0 saturated carbocycles. The maximum atomic E-state index is 10.8. The Balaban J connectivity index is 2.39. The standard InChI is InChI=1S/C9H16O5/c1-3-9(4-12-7-13-5-9)6-14-8(10)11-2/h3-7H2,1-2H3. The van der Waals surface area contributed by atoms with Gasteiger partial charge in [-0.2, -0.15) is 0 Å². The lowest BCUT2D eigenvalue weighted by Gasteiger charge is -2.34. The Kier molecular flexibility index (Phi) is 4.16. The first kappa shape index (κ1) is 11.3. The summed E-state index contributed by atoms with van der Waals surface area (Å²) in [5.41, 5.74) is -0.216. The molecule has 0 spiro atoms. The van der Waals surface area contributed by atoms with Crippen molar-refractivity contribution >= 4 is 6.16 Å². The quantitative estimate of drug-likeness (QED) is 0.646. The Labute approximate surface area is 83.3 Å². The lowest BCUT2D eigenvalue weighted by Crippen LogP contribution is -2.41. The Morgan fingerprint density at radius 3 is 2.57 bits per heavy atom. The fourth-order valence-electron chi connectivity index (χ4n) is 1.28. The molecule has 82 valence electrons. The molecule has 1 heterocycles. The van der Waals surface area contributed by atoms with Crippen molar-refractivity contribution in [3.8, 4) is 0 Å². The highest BCUT2D eigenvalue weighted by Crippen LogP contribution is 2.26. The minimum absolute atomic E-state index is 0.216. The summed E-state index contributed by atoms with van der Waals surface area (Å²) in [6, 6.07) is 0. The van der Waals surface area contributed by atoms with Gasteiger partial charge in [0.15, 0.2) is 0 Å². The summed E-state index contributed by atoms with van der Waals surface area (Å²) < 4.78 is 19.7. The van der Waals surface area contributed by atoms with E-state index in [1.165, 1.54) is 7.11 Å². The van der Waals surface area contributed by atoms with E-state index in [2.05, 4.69) is 4.74 Å². The van der Waals surface area contributed by atoms with Gasteiger partial charge in [0.05, 0.1) is 25.7 Å². The lowest BCUT2D eigenvalue weighted by atomic mass is 9.87. The van der Waals surface area contributed by atoms with Crippen molar-refractivity contribution in [1.29, 1.82) is 0 Å². The topological polar surface area (TPSA) is 54.0 Å². The Bertz CT molecular complexity index is 186. The molecule has 0 aromatic heterocycles. The van der Waals surface area contributed by atoms with Crippen LogP contribution in [0, 0.1) is 5.41 Å². The van der Waals surface area contributed by atoms with Gasteiger partial charge >= 0.3 is 6.16 Å². The zero-order valence-corrected chi connectivity index (χ0v) is 8.58. The van der Waals surface area contributed by atoms with Gasteiger partial charge in [-0.1, -0.05) is 6.92 Å². The van der Waals surface area contributed by atoms with E-state index in [-0.39, 0.29) is 12.0 Å². The van der Waals surface area contributed by atoms with Crippen LogP contribution in [0.2, 0.25) is 0 Å². The zero-order valence-electron chi connectivity index (χ0n) is 8.58. The average Bonchev–Trinajstić information content (AvgIpc) is 2.27. The minimum Gasteiger partial charge on any atom is -0.438 e. The molecule has 0 radical (unpaired) electrons. The SMILES string of the molecule is CCC1(COC(=O)OC)COCOC1. The van der Waals surface area contributed by atoms with Crippen molar-refractivity contribution < 1.29 is 23.7 Å². The summed E-state index contributed by atoms with van der Waals surface area (Å²) in [5.74, 6) is 0. The molecule has 5 heteroatoms. The van der Waals surface area contributed by atoms with E-state index in [0.717, 1.165) is 6.42 Å². The van der Waals surface area contributed by atoms with E-state index >= 15 is 0 Å². The zero-order chi connectivity index (χ0) is 10.4. The van der Waals surface area contributed by atoms with E-state index in [1.807, 2.05) is 6.92 Å². The number of ether oxygens (including phenoxy) is 4. The number of carbonyl (C=O) groups excluding carboxylic acids is 1. The molecule has 1 aliphatic rings. The first-order valence-corrected chi connectivity index (χ1v) is 4.59. The van der Waals surface area contributed by atoms with E-state index < -0.39 is 6.16 Å². The first-order chi connectivity index (χ1) is 6.72. The summed E-state index contributed by atoms with van der Waals surface area (Å²) in [4.78, 5) is 10.8. The molecule has 1 rings (SSSR count). The Hall–Kier alpha value is -0.810. The smallest absolute Gasteiger partial charge is 0.438 e. The molecule has 14 heavy (non-hydrogen) atoms. The largest absolute Gasteiger partial charge is 0.508 e. The second-order valence-electron chi connectivity index (χ2n) is 3.41. The molecule has 0 amide bonds. The molecule has 1 saturated heterocycles. The predicted molar refractivity (Wildman–Crippen MR) is 47.9 cm³/mol. The number of methoxy groups -OCH3 is 1. The second kappa shape index (κ2) is 5.17. The van der Waals surface area contributed by atoms with Crippen molar-refractivity contribution in [2.24, 2.45) is 5.41 Å². The van der Waals surface area contributed by atoms with Crippen molar-refractivity contribution in [3.05, 3.63) is 0 Å². The van der Waals surface area contributed by atoms with Crippen LogP contribution in [0.5, 0.6) is 0 Å². The predicted octanol–water partition coefficient (Wildman–Crippen LogP) is 1.17. The van der Waals surface area contributed by atoms with Crippen LogP contribution in [0.1, 0.15) is 13.3 Å². The van der Waals surface area contributed by atoms with Gasteiger partial charge in [0, 0.05) is 0 Å². The molecule has 5 nitrogen and oxygen atoms in total. The fraction of sp³-hybridized carbons (Fsp3) is 0.889. The molecular weight excluding hydrogens is 188 g/mol. The van der Waals surface area contributed by atoms with E-state index in [4.69, 9.17) is 14.2 Å². The third-order valence-corrected chi connectivity index (χ3v) is 2.40. The minimum atomic E-state index is -0.664. The summed E-state index contributed by atoms with van der Waals surface area (Å²) in [6.07, 6.45) is 0.174. The highest BCUT2D eigenvalue weighted by molar-refractivity contribution is 5.59. The second-order valence-corrected chi connectivity index (χ2v) is 3.41. The maximum Gasteiger partial charge on any atom is 0.508 e. The number of hydrogen-bond acceptors (Lipinski definition) is 5. The fourth-order valence-corrected chi connectivity index (χ4v) is 1.28. The first-order valence-electron chi connectivity index (χ1n) is 4.59. The van der Waals surface area contributed by atoms with Gasteiger partial charge in [-0.15, -0.1) is 0 Å². The highest BCUT2D eigenvalue weighted by atomic mass is 16.7.